The third kappa shape index (κ3) is 3.66. The van der Waals surface area contributed by atoms with Gasteiger partial charge in [-0.1, -0.05) is 30.3 Å². The monoisotopic (exact) mass is 453 g/mol. The molecule has 0 aliphatic rings. The molecule has 1 N–H and O–H groups in total. The van der Waals surface area contributed by atoms with Gasteiger partial charge >= 0.3 is 5.97 Å². The Balaban J connectivity index is 1.69. The highest BCUT2D eigenvalue weighted by Crippen LogP contribution is 2.33. The molecule has 0 spiro atoms. The summed E-state index contributed by atoms with van der Waals surface area (Å²) in [7, 11) is 2.91. The fourth-order valence-corrected chi connectivity index (χ4v) is 3.80. The molecule has 0 aliphatic carbocycles. The van der Waals surface area contributed by atoms with Crippen LogP contribution in [0.1, 0.15) is 20.7 Å². The number of aromatic nitrogens is 2. The zero-order chi connectivity index (χ0) is 23.8. The largest absolute Gasteiger partial charge is 0.478 e. The third-order valence-electron chi connectivity index (χ3n) is 5.54. The minimum atomic E-state index is -1.12. The van der Waals surface area contributed by atoms with Gasteiger partial charge in [0.25, 0.3) is 5.91 Å². The van der Waals surface area contributed by atoms with Crippen molar-refractivity contribution in [2.75, 3.05) is 14.2 Å². The summed E-state index contributed by atoms with van der Waals surface area (Å²) in [5.41, 5.74) is 3.58. The van der Waals surface area contributed by atoms with Gasteiger partial charge < -0.3 is 9.52 Å². The van der Waals surface area contributed by atoms with Crippen molar-refractivity contribution in [3.05, 3.63) is 83.9 Å². The molecular weight excluding hydrogens is 434 g/mol. The van der Waals surface area contributed by atoms with Gasteiger partial charge in [0.2, 0.25) is 5.89 Å². The quantitative estimate of drug-likeness (QED) is 0.372. The molecule has 5 aromatic rings. The number of pyridine rings is 1. The lowest BCUT2D eigenvalue weighted by molar-refractivity contribution is -0.0756. The maximum Gasteiger partial charge on any atom is 0.336 e. The summed E-state index contributed by atoms with van der Waals surface area (Å²) in [6.45, 7) is 0. The molecule has 0 bridgehead atoms. The van der Waals surface area contributed by atoms with E-state index in [4.69, 9.17) is 9.25 Å². The molecule has 1 amide bonds. The Kier molecular flexibility index (Phi) is 5.27. The summed E-state index contributed by atoms with van der Waals surface area (Å²) in [6, 6.07) is 21.1. The van der Waals surface area contributed by atoms with Crippen LogP contribution in [0.3, 0.4) is 0 Å². The highest BCUT2D eigenvalue weighted by molar-refractivity contribution is 6.13. The second-order valence-corrected chi connectivity index (χ2v) is 7.62. The first-order valence-corrected chi connectivity index (χ1v) is 10.4. The average Bonchev–Trinajstić information content (AvgIpc) is 3.32. The van der Waals surface area contributed by atoms with Crippen LogP contribution < -0.4 is 0 Å². The lowest BCUT2D eigenvalue weighted by Gasteiger charge is -2.14. The summed E-state index contributed by atoms with van der Waals surface area (Å²) in [4.78, 5) is 38.9. The summed E-state index contributed by atoms with van der Waals surface area (Å²) in [5.74, 6) is -1.05. The minimum absolute atomic E-state index is 0.0344. The lowest BCUT2D eigenvalue weighted by atomic mass is 10.0. The van der Waals surface area contributed by atoms with Gasteiger partial charge in [-0.3, -0.25) is 9.63 Å². The number of amides is 1. The number of nitrogens with zero attached hydrogens (tertiary/aromatic N) is 3. The third-order valence-corrected chi connectivity index (χ3v) is 5.54. The molecule has 0 radical (unpaired) electrons. The van der Waals surface area contributed by atoms with Gasteiger partial charge in [0.15, 0.2) is 5.58 Å². The number of oxazole rings is 1. The van der Waals surface area contributed by atoms with Gasteiger partial charge in [-0.05, 0) is 42.5 Å². The second kappa shape index (κ2) is 8.42. The van der Waals surface area contributed by atoms with Gasteiger partial charge in [-0.25, -0.2) is 19.8 Å². The number of carboxylic acid groups (broad SMARTS) is 1. The van der Waals surface area contributed by atoms with Crippen LogP contribution in [0.5, 0.6) is 0 Å². The summed E-state index contributed by atoms with van der Waals surface area (Å²) < 4.78 is 6.01. The van der Waals surface area contributed by atoms with E-state index >= 15 is 0 Å². The zero-order valence-corrected chi connectivity index (χ0v) is 18.4. The standard InChI is InChI=1S/C26H19N3O5/c1-29(33-2)25(30)17-10-6-9-16(13-17)21-14-18(26(31)32)22-19(27-21)11-12-20-23(22)34-24(28-20)15-7-4-3-5-8-15/h3-14H,1-2H3,(H,31,32). The van der Waals surface area contributed by atoms with Crippen molar-refractivity contribution in [2.45, 2.75) is 0 Å². The number of carbonyl (C=O) groups is 2. The van der Waals surface area contributed by atoms with E-state index in [1.165, 1.54) is 20.2 Å². The molecule has 8 nitrogen and oxygen atoms in total. The number of benzene rings is 3. The van der Waals surface area contributed by atoms with Crippen molar-refractivity contribution in [3.63, 3.8) is 0 Å². The van der Waals surface area contributed by atoms with Crippen LogP contribution in [0.2, 0.25) is 0 Å². The van der Waals surface area contributed by atoms with Crippen molar-refractivity contribution < 1.29 is 24.0 Å². The van der Waals surface area contributed by atoms with Crippen LogP contribution in [0.4, 0.5) is 0 Å². The zero-order valence-electron chi connectivity index (χ0n) is 18.4. The molecule has 34 heavy (non-hydrogen) atoms. The van der Waals surface area contributed by atoms with Gasteiger partial charge in [0.1, 0.15) is 5.52 Å². The molecule has 5 rings (SSSR count). The first kappa shape index (κ1) is 21.3. The first-order valence-electron chi connectivity index (χ1n) is 10.4. The highest BCUT2D eigenvalue weighted by Gasteiger charge is 2.20. The Morgan fingerprint density at radius 1 is 0.912 bits per heavy atom. The molecule has 0 fully saturated rings. The van der Waals surface area contributed by atoms with Crippen LogP contribution >= 0.6 is 0 Å². The van der Waals surface area contributed by atoms with Crippen LogP contribution in [0.15, 0.2) is 77.2 Å². The Bertz CT molecular complexity index is 1560. The fourth-order valence-electron chi connectivity index (χ4n) is 3.80. The van der Waals surface area contributed by atoms with Crippen molar-refractivity contribution in [2.24, 2.45) is 0 Å². The van der Waals surface area contributed by atoms with E-state index in [-0.39, 0.29) is 11.5 Å². The van der Waals surface area contributed by atoms with Crippen LogP contribution in [0, 0.1) is 0 Å². The lowest BCUT2D eigenvalue weighted by Crippen LogP contribution is -2.25. The van der Waals surface area contributed by atoms with Crippen molar-refractivity contribution in [3.8, 4) is 22.7 Å². The van der Waals surface area contributed by atoms with Crippen molar-refractivity contribution in [1.29, 1.82) is 0 Å². The molecule has 0 atom stereocenters. The van der Waals surface area contributed by atoms with Crippen LogP contribution in [-0.4, -0.2) is 46.2 Å². The van der Waals surface area contributed by atoms with E-state index in [1.807, 2.05) is 30.3 Å². The minimum Gasteiger partial charge on any atom is -0.478 e. The maximum atomic E-state index is 12.5. The summed E-state index contributed by atoms with van der Waals surface area (Å²) >= 11 is 0. The Labute approximate surface area is 194 Å². The summed E-state index contributed by atoms with van der Waals surface area (Å²) in [5, 5.41) is 11.5. The predicted octanol–water partition coefficient (Wildman–Crippen LogP) is 5.04. The molecule has 2 aromatic heterocycles. The van der Waals surface area contributed by atoms with Gasteiger partial charge in [-0.2, -0.15) is 0 Å². The van der Waals surface area contributed by atoms with Crippen molar-refractivity contribution in [1.82, 2.24) is 15.0 Å². The van der Waals surface area contributed by atoms with E-state index < -0.39 is 5.97 Å². The molecule has 8 heteroatoms. The maximum absolute atomic E-state index is 12.5. The van der Waals surface area contributed by atoms with Crippen LogP contribution in [-0.2, 0) is 4.84 Å². The molecule has 3 aromatic carbocycles. The topological polar surface area (TPSA) is 106 Å². The fraction of sp³-hybridized carbons (Fsp3) is 0.0769. The van der Waals surface area contributed by atoms with E-state index in [0.29, 0.717) is 44.7 Å². The SMILES string of the molecule is CON(C)C(=O)c1cccc(-c2cc(C(=O)O)c3c(ccc4nc(-c5ccccc5)oc43)n2)c1. The van der Waals surface area contributed by atoms with Gasteiger partial charge in [0, 0.05) is 23.7 Å². The van der Waals surface area contributed by atoms with Gasteiger partial charge in [0.05, 0.1) is 29.3 Å². The molecule has 2 heterocycles. The van der Waals surface area contributed by atoms with E-state index in [0.717, 1.165) is 10.6 Å². The number of hydroxylamine groups is 2. The Morgan fingerprint density at radius 3 is 2.38 bits per heavy atom. The number of hydrogen-bond donors (Lipinski definition) is 1. The van der Waals surface area contributed by atoms with Gasteiger partial charge in [-0.15, -0.1) is 0 Å². The van der Waals surface area contributed by atoms with E-state index in [1.54, 1.807) is 36.4 Å². The van der Waals surface area contributed by atoms with E-state index in [9.17, 15) is 14.7 Å². The average molecular weight is 453 g/mol. The Hall–Kier alpha value is -4.56. The number of hydrogen-bond acceptors (Lipinski definition) is 6. The highest BCUT2D eigenvalue weighted by atomic mass is 16.7. The number of rotatable bonds is 5. The molecular formula is C26H19N3O5. The number of carbonyl (C=O) groups excluding carboxylic acids is 1. The predicted molar refractivity (Wildman–Crippen MR) is 126 cm³/mol. The Morgan fingerprint density at radius 2 is 1.65 bits per heavy atom. The smallest absolute Gasteiger partial charge is 0.336 e. The molecule has 0 saturated heterocycles. The molecule has 0 unspecified atom stereocenters. The molecule has 0 aliphatic heterocycles. The van der Waals surface area contributed by atoms with Crippen LogP contribution in [0.25, 0.3) is 44.7 Å². The van der Waals surface area contributed by atoms with E-state index in [2.05, 4.69) is 9.97 Å². The number of aromatic carboxylic acids is 1. The first-order chi connectivity index (χ1) is 16.5. The second-order valence-electron chi connectivity index (χ2n) is 7.62. The summed E-state index contributed by atoms with van der Waals surface area (Å²) in [6.07, 6.45) is 0. The van der Waals surface area contributed by atoms with Crippen molar-refractivity contribution >= 4 is 33.9 Å². The normalized spacial score (nSPS) is 11.1. The number of carboxylic acids is 1. The molecule has 0 saturated carbocycles. The molecule has 168 valence electrons. The number of fused-ring (bicyclic) bond motifs is 3.